The van der Waals surface area contributed by atoms with E-state index in [2.05, 4.69) is 20.8 Å². The quantitative estimate of drug-likeness (QED) is 0.585. The third kappa shape index (κ3) is 4.17. The lowest BCUT2D eigenvalue weighted by atomic mass is 10.3. The lowest BCUT2D eigenvalue weighted by Crippen LogP contribution is -2.28. The normalized spacial score (nSPS) is 15.8. The van der Waals surface area contributed by atoms with Crippen LogP contribution in [0.15, 0.2) is 5.16 Å². The molecule has 1 N–H and O–H groups in total. The third-order valence-corrected chi connectivity index (χ3v) is 4.03. The molecule has 106 valence electrons. The smallest absolute Gasteiger partial charge is 0.230 e. The van der Waals surface area contributed by atoms with Crippen LogP contribution in [0.1, 0.15) is 31.7 Å². The van der Waals surface area contributed by atoms with Crippen molar-refractivity contribution in [3.8, 4) is 0 Å². The number of nitrogens with one attached hydrogen (secondary N) is 1. The SMILES string of the molecule is COCCNC(=O)CSc1nnnn1C1CCCC1. The van der Waals surface area contributed by atoms with Crippen LogP contribution in [0.3, 0.4) is 0 Å². The van der Waals surface area contributed by atoms with Crippen LogP contribution >= 0.6 is 11.8 Å². The highest BCUT2D eigenvalue weighted by atomic mass is 32.2. The molecule has 0 bridgehead atoms. The number of hydrogen-bond acceptors (Lipinski definition) is 6. The van der Waals surface area contributed by atoms with Gasteiger partial charge < -0.3 is 10.1 Å². The average Bonchev–Trinajstić information content (AvgIpc) is 3.07. The summed E-state index contributed by atoms with van der Waals surface area (Å²) < 4.78 is 6.73. The highest BCUT2D eigenvalue weighted by Crippen LogP contribution is 2.31. The molecule has 8 heteroatoms. The Morgan fingerprint density at radius 3 is 3.05 bits per heavy atom. The van der Waals surface area contributed by atoms with Crippen molar-refractivity contribution in [1.29, 1.82) is 0 Å². The van der Waals surface area contributed by atoms with Gasteiger partial charge in [-0.2, -0.15) is 0 Å². The molecular weight excluding hydrogens is 266 g/mol. The van der Waals surface area contributed by atoms with Crippen molar-refractivity contribution in [2.24, 2.45) is 0 Å². The summed E-state index contributed by atoms with van der Waals surface area (Å²) in [6, 6.07) is 0.397. The van der Waals surface area contributed by atoms with Crippen LogP contribution in [-0.2, 0) is 9.53 Å². The van der Waals surface area contributed by atoms with Crippen LogP contribution in [-0.4, -0.2) is 52.1 Å². The molecule has 1 aliphatic rings. The molecule has 0 aromatic carbocycles. The Morgan fingerprint density at radius 2 is 2.32 bits per heavy atom. The summed E-state index contributed by atoms with van der Waals surface area (Å²) in [6.45, 7) is 1.06. The van der Waals surface area contributed by atoms with Crippen LogP contribution < -0.4 is 5.32 Å². The number of carbonyl (C=O) groups is 1. The van der Waals surface area contributed by atoms with Crippen molar-refractivity contribution < 1.29 is 9.53 Å². The number of thioether (sulfide) groups is 1. The maximum Gasteiger partial charge on any atom is 0.230 e. The first-order valence-electron chi connectivity index (χ1n) is 6.47. The van der Waals surface area contributed by atoms with Gasteiger partial charge in [-0.15, -0.1) is 5.10 Å². The molecule has 1 fully saturated rings. The minimum absolute atomic E-state index is 0.0250. The number of nitrogens with zero attached hydrogens (tertiary/aromatic N) is 4. The molecule has 0 saturated heterocycles. The van der Waals surface area contributed by atoms with Crippen LogP contribution in [0.2, 0.25) is 0 Å². The van der Waals surface area contributed by atoms with E-state index in [4.69, 9.17) is 4.74 Å². The van der Waals surface area contributed by atoms with E-state index >= 15 is 0 Å². The fourth-order valence-electron chi connectivity index (χ4n) is 2.13. The Labute approximate surface area is 116 Å². The van der Waals surface area contributed by atoms with Crippen molar-refractivity contribution in [2.75, 3.05) is 26.0 Å². The van der Waals surface area contributed by atoms with Gasteiger partial charge in [-0.3, -0.25) is 4.79 Å². The number of amides is 1. The summed E-state index contributed by atoms with van der Waals surface area (Å²) in [6.07, 6.45) is 4.70. The molecule has 0 unspecified atom stereocenters. The van der Waals surface area contributed by atoms with Gasteiger partial charge in [0.15, 0.2) is 0 Å². The zero-order valence-electron chi connectivity index (χ0n) is 11.0. The average molecular weight is 285 g/mol. The van der Waals surface area contributed by atoms with E-state index in [9.17, 15) is 4.79 Å². The van der Waals surface area contributed by atoms with E-state index in [1.807, 2.05) is 4.68 Å². The summed E-state index contributed by atoms with van der Waals surface area (Å²) in [4.78, 5) is 11.6. The van der Waals surface area contributed by atoms with Gasteiger partial charge in [0.1, 0.15) is 0 Å². The number of methoxy groups -OCH3 is 1. The molecule has 0 spiro atoms. The summed E-state index contributed by atoms with van der Waals surface area (Å²) in [5.74, 6) is 0.305. The second-order valence-electron chi connectivity index (χ2n) is 4.48. The monoisotopic (exact) mass is 285 g/mol. The van der Waals surface area contributed by atoms with E-state index < -0.39 is 0 Å². The molecule has 1 aromatic heterocycles. The number of carbonyl (C=O) groups excluding carboxylic acids is 1. The standard InChI is InChI=1S/C11H19N5O2S/c1-18-7-6-12-10(17)8-19-11-13-14-15-16(11)9-4-2-3-5-9/h9H,2-8H2,1H3,(H,12,17). The van der Waals surface area contributed by atoms with Crippen molar-refractivity contribution in [3.63, 3.8) is 0 Å². The molecule has 1 amide bonds. The van der Waals surface area contributed by atoms with Gasteiger partial charge in [0.2, 0.25) is 11.1 Å². The first kappa shape index (κ1) is 14.3. The van der Waals surface area contributed by atoms with Gasteiger partial charge in [-0.1, -0.05) is 24.6 Å². The molecule has 1 saturated carbocycles. The Hall–Kier alpha value is -1.15. The number of ether oxygens (including phenoxy) is 1. The molecule has 2 rings (SSSR count). The lowest BCUT2D eigenvalue weighted by Gasteiger charge is -2.10. The summed E-state index contributed by atoms with van der Waals surface area (Å²) in [5, 5.41) is 15.2. The fourth-order valence-corrected chi connectivity index (χ4v) is 2.91. The van der Waals surface area contributed by atoms with Gasteiger partial charge in [-0.05, 0) is 23.3 Å². The van der Waals surface area contributed by atoms with E-state index in [0.717, 1.165) is 18.0 Å². The van der Waals surface area contributed by atoms with E-state index in [-0.39, 0.29) is 5.91 Å². The zero-order chi connectivity index (χ0) is 13.5. The molecule has 1 aliphatic carbocycles. The molecule has 1 heterocycles. The minimum Gasteiger partial charge on any atom is -0.383 e. The summed E-state index contributed by atoms with van der Waals surface area (Å²) >= 11 is 1.38. The van der Waals surface area contributed by atoms with Crippen LogP contribution in [0.25, 0.3) is 0 Å². The van der Waals surface area contributed by atoms with E-state index in [1.165, 1.54) is 24.6 Å². The number of hydrogen-bond donors (Lipinski definition) is 1. The summed E-state index contributed by atoms with van der Waals surface area (Å²) in [7, 11) is 1.61. The van der Waals surface area contributed by atoms with Crippen molar-refractivity contribution in [2.45, 2.75) is 36.9 Å². The maximum absolute atomic E-state index is 11.6. The zero-order valence-corrected chi connectivity index (χ0v) is 11.9. The Bertz CT molecular complexity index is 406. The van der Waals surface area contributed by atoms with E-state index in [0.29, 0.717) is 24.9 Å². The van der Waals surface area contributed by atoms with Gasteiger partial charge in [0.25, 0.3) is 0 Å². The van der Waals surface area contributed by atoms with Crippen LogP contribution in [0.5, 0.6) is 0 Å². The van der Waals surface area contributed by atoms with Crippen LogP contribution in [0, 0.1) is 0 Å². The Morgan fingerprint density at radius 1 is 1.53 bits per heavy atom. The third-order valence-electron chi connectivity index (χ3n) is 3.09. The predicted molar refractivity (Wildman–Crippen MR) is 70.9 cm³/mol. The largest absolute Gasteiger partial charge is 0.383 e. The van der Waals surface area contributed by atoms with Crippen LogP contribution in [0.4, 0.5) is 0 Å². The van der Waals surface area contributed by atoms with Crippen molar-refractivity contribution in [3.05, 3.63) is 0 Å². The maximum atomic E-state index is 11.6. The molecule has 0 aliphatic heterocycles. The minimum atomic E-state index is -0.0250. The van der Waals surface area contributed by atoms with Gasteiger partial charge in [0.05, 0.1) is 18.4 Å². The second kappa shape index (κ2) is 7.44. The van der Waals surface area contributed by atoms with Gasteiger partial charge in [-0.25, -0.2) is 4.68 Å². The molecule has 1 aromatic rings. The second-order valence-corrected chi connectivity index (χ2v) is 5.42. The highest BCUT2D eigenvalue weighted by Gasteiger charge is 2.21. The van der Waals surface area contributed by atoms with Crippen molar-refractivity contribution in [1.82, 2.24) is 25.5 Å². The molecular formula is C11H19N5O2S. The first-order chi connectivity index (χ1) is 9.31. The Kier molecular flexibility index (Phi) is 5.59. The first-order valence-corrected chi connectivity index (χ1v) is 7.46. The molecule has 0 radical (unpaired) electrons. The fraction of sp³-hybridized carbons (Fsp3) is 0.818. The Balaban J connectivity index is 1.79. The molecule has 7 nitrogen and oxygen atoms in total. The summed E-state index contributed by atoms with van der Waals surface area (Å²) in [5.41, 5.74) is 0. The van der Waals surface area contributed by atoms with E-state index in [1.54, 1.807) is 7.11 Å². The highest BCUT2D eigenvalue weighted by molar-refractivity contribution is 7.99. The van der Waals surface area contributed by atoms with Gasteiger partial charge in [0, 0.05) is 13.7 Å². The number of tetrazole rings is 1. The van der Waals surface area contributed by atoms with Crippen molar-refractivity contribution >= 4 is 17.7 Å². The number of aromatic nitrogens is 4. The predicted octanol–water partition coefficient (Wildman–Crippen LogP) is 0.643. The lowest BCUT2D eigenvalue weighted by molar-refractivity contribution is -0.118. The molecule has 19 heavy (non-hydrogen) atoms. The number of rotatable bonds is 7. The van der Waals surface area contributed by atoms with Gasteiger partial charge >= 0.3 is 0 Å². The molecule has 0 atom stereocenters. The topological polar surface area (TPSA) is 81.9 Å².